The second-order valence-corrected chi connectivity index (χ2v) is 5.05. The Morgan fingerprint density at radius 3 is 2.95 bits per heavy atom. The first kappa shape index (κ1) is 14.4. The molecule has 0 saturated carbocycles. The molecule has 1 aliphatic heterocycles. The summed E-state index contributed by atoms with van der Waals surface area (Å²) >= 11 is 0. The fourth-order valence-corrected chi connectivity index (χ4v) is 2.38. The third-order valence-corrected chi connectivity index (χ3v) is 3.25. The lowest BCUT2D eigenvalue weighted by atomic mass is 10.2. The van der Waals surface area contributed by atoms with Crippen LogP contribution in [0.3, 0.4) is 0 Å². The lowest BCUT2D eigenvalue weighted by Crippen LogP contribution is -2.42. The van der Waals surface area contributed by atoms with Crippen molar-refractivity contribution >= 4 is 17.4 Å². The molecule has 7 nitrogen and oxygen atoms in total. The molecule has 3 N–H and O–H groups in total. The van der Waals surface area contributed by atoms with Crippen molar-refractivity contribution in [2.75, 3.05) is 24.2 Å². The maximum atomic E-state index is 11.9. The number of likely N-dealkylation sites (N-methyl/N-ethyl adjacent to an activating group) is 1. The van der Waals surface area contributed by atoms with E-state index in [0.29, 0.717) is 17.4 Å². The van der Waals surface area contributed by atoms with E-state index >= 15 is 0 Å². The molecule has 1 saturated heterocycles. The quantitative estimate of drug-likeness (QED) is 0.836. The minimum Gasteiger partial charge on any atom is -0.473 e. The predicted molar refractivity (Wildman–Crippen MR) is 76.6 cm³/mol. The van der Waals surface area contributed by atoms with E-state index in [4.69, 9.17) is 10.5 Å². The lowest BCUT2D eigenvalue weighted by molar-refractivity contribution is -0.121. The van der Waals surface area contributed by atoms with E-state index < -0.39 is 0 Å². The Bertz CT molecular complexity index is 492. The Morgan fingerprint density at radius 2 is 2.30 bits per heavy atom. The number of hydrogen-bond acceptors (Lipinski definition) is 6. The molecule has 1 aliphatic rings. The van der Waals surface area contributed by atoms with E-state index in [1.54, 1.807) is 7.05 Å². The zero-order valence-corrected chi connectivity index (χ0v) is 12.1. The monoisotopic (exact) mass is 279 g/mol. The lowest BCUT2D eigenvalue weighted by Gasteiger charge is -2.26. The predicted octanol–water partition coefficient (Wildman–Crippen LogP) is 0.561. The second-order valence-electron chi connectivity index (χ2n) is 5.05. The van der Waals surface area contributed by atoms with Crippen LogP contribution in [0.15, 0.2) is 6.33 Å². The Hall–Kier alpha value is -2.05. The molecule has 0 radical (unpaired) electrons. The summed E-state index contributed by atoms with van der Waals surface area (Å²) in [6.07, 6.45) is 3.13. The maximum absolute atomic E-state index is 11.9. The largest absolute Gasteiger partial charge is 0.473 e. The van der Waals surface area contributed by atoms with Crippen molar-refractivity contribution in [1.82, 2.24) is 15.3 Å². The van der Waals surface area contributed by atoms with Crippen molar-refractivity contribution in [3.63, 3.8) is 0 Å². The van der Waals surface area contributed by atoms with Gasteiger partial charge < -0.3 is 20.7 Å². The van der Waals surface area contributed by atoms with Crippen LogP contribution in [0.25, 0.3) is 0 Å². The van der Waals surface area contributed by atoms with E-state index in [1.165, 1.54) is 6.33 Å². The molecular weight excluding hydrogens is 258 g/mol. The molecule has 1 aromatic heterocycles. The fraction of sp³-hybridized carbons (Fsp3) is 0.615. The summed E-state index contributed by atoms with van der Waals surface area (Å²) in [5.74, 6) is 0.918. The Balaban J connectivity index is 2.30. The van der Waals surface area contributed by atoms with Gasteiger partial charge in [-0.3, -0.25) is 4.79 Å². The van der Waals surface area contributed by atoms with E-state index in [2.05, 4.69) is 15.3 Å². The normalized spacial score (nSPS) is 18.4. The van der Waals surface area contributed by atoms with Gasteiger partial charge in [-0.1, -0.05) is 0 Å². The number of nitrogen functional groups attached to an aromatic ring is 1. The molecule has 1 atom stereocenters. The van der Waals surface area contributed by atoms with Crippen molar-refractivity contribution in [2.45, 2.75) is 38.8 Å². The van der Waals surface area contributed by atoms with Crippen LogP contribution in [-0.2, 0) is 4.79 Å². The standard InChI is InChI=1S/C13H21N5O2/c1-8(2)20-13-10(14)11(16-7-17-13)18-6-4-5-9(18)12(19)15-3/h7-9H,4-6,14H2,1-3H3,(H,15,19). The summed E-state index contributed by atoms with van der Waals surface area (Å²) in [6.45, 7) is 4.56. The summed E-state index contributed by atoms with van der Waals surface area (Å²) in [4.78, 5) is 22.1. The number of ether oxygens (including phenoxy) is 1. The van der Waals surface area contributed by atoms with Gasteiger partial charge in [-0.25, -0.2) is 4.98 Å². The molecule has 2 rings (SSSR count). The van der Waals surface area contributed by atoms with Crippen LogP contribution < -0.4 is 20.7 Å². The van der Waals surface area contributed by atoms with E-state index in [1.807, 2.05) is 18.7 Å². The first-order valence-corrected chi connectivity index (χ1v) is 6.80. The molecule has 0 bridgehead atoms. The van der Waals surface area contributed by atoms with Gasteiger partial charge in [0, 0.05) is 13.6 Å². The average Bonchev–Trinajstić information content (AvgIpc) is 2.89. The van der Waals surface area contributed by atoms with Crippen molar-refractivity contribution in [3.05, 3.63) is 6.33 Å². The Labute approximate surface area is 118 Å². The van der Waals surface area contributed by atoms with Crippen LogP contribution in [-0.4, -0.2) is 41.6 Å². The molecule has 20 heavy (non-hydrogen) atoms. The first-order valence-electron chi connectivity index (χ1n) is 6.80. The number of nitrogens with two attached hydrogens (primary N) is 1. The fourth-order valence-electron chi connectivity index (χ4n) is 2.38. The summed E-state index contributed by atoms with van der Waals surface area (Å²) < 4.78 is 5.56. The minimum absolute atomic E-state index is 0.0200. The van der Waals surface area contributed by atoms with Crippen molar-refractivity contribution in [3.8, 4) is 5.88 Å². The number of anilines is 2. The zero-order valence-electron chi connectivity index (χ0n) is 12.1. The molecule has 0 aromatic carbocycles. The van der Waals surface area contributed by atoms with Gasteiger partial charge in [0.25, 0.3) is 0 Å². The molecule has 1 fully saturated rings. The molecule has 0 aliphatic carbocycles. The number of rotatable bonds is 4. The molecule has 1 unspecified atom stereocenters. The van der Waals surface area contributed by atoms with Gasteiger partial charge in [-0.15, -0.1) is 0 Å². The smallest absolute Gasteiger partial charge is 0.242 e. The number of hydrogen-bond donors (Lipinski definition) is 2. The molecule has 0 spiro atoms. The molecule has 110 valence electrons. The number of nitrogens with zero attached hydrogens (tertiary/aromatic N) is 3. The number of carbonyl (C=O) groups is 1. The number of amides is 1. The van der Waals surface area contributed by atoms with Crippen LogP contribution >= 0.6 is 0 Å². The average molecular weight is 279 g/mol. The number of carbonyl (C=O) groups excluding carboxylic acids is 1. The first-order chi connectivity index (χ1) is 9.54. The van der Waals surface area contributed by atoms with E-state index in [0.717, 1.165) is 19.4 Å². The highest BCUT2D eigenvalue weighted by Gasteiger charge is 2.32. The third kappa shape index (κ3) is 2.76. The third-order valence-electron chi connectivity index (χ3n) is 3.25. The maximum Gasteiger partial charge on any atom is 0.242 e. The summed E-state index contributed by atoms with van der Waals surface area (Å²) in [7, 11) is 1.63. The van der Waals surface area contributed by atoms with E-state index in [9.17, 15) is 4.79 Å². The van der Waals surface area contributed by atoms with Crippen molar-refractivity contribution in [1.29, 1.82) is 0 Å². The van der Waals surface area contributed by atoms with Crippen LogP contribution in [0.4, 0.5) is 11.5 Å². The van der Waals surface area contributed by atoms with Crippen LogP contribution in [0.1, 0.15) is 26.7 Å². The van der Waals surface area contributed by atoms with Gasteiger partial charge in [0.1, 0.15) is 18.1 Å². The highest BCUT2D eigenvalue weighted by Crippen LogP contribution is 2.33. The molecule has 2 heterocycles. The van der Waals surface area contributed by atoms with Gasteiger partial charge in [-0.2, -0.15) is 4.98 Å². The summed E-state index contributed by atoms with van der Waals surface area (Å²) in [5.41, 5.74) is 6.48. The van der Waals surface area contributed by atoms with Crippen LogP contribution in [0.5, 0.6) is 5.88 Å². The van der Waals surface area contributed by atoms with Gasteiger partial charge in [0.05, 0.1) is 6.10 Å². The summed E-state index contributed by atoms with van der Waals surface area (Å²) in [5, 5.41) is 2.68. The van der Waals surface area contributed by atoms with Crippen LogP contribution in [0, 0.1) is 0 Å². The van der Waals surface area contributed by atoms with Crippen molar-refractivity contribution in [2.24, 2.45) is 0 Å². The topological polar surface area (TPSA) is 93.4 Å². The van der Waals surface area contributed by atoms with Gasteiger partial charge in [0.15, 0.2) is 5.82 Å². The van der Waals surface area contributed by atoms with Gasteiger partial charge in [-0.05, 0) is 26.7 Å². The Kier molecular flexibility index (Phi) is 4.26. The van der Waals surface area contributed by atoms with Gasteiger partial charge >= 0.3 is 0 Å². The SMILES string of the molecule is CNC(=O)C1CCCN1c1ncnc(OC(C)C)c1N. The van der Waals surface area contributed by atoms with Crippen molar-refractivity contribution < 1.29 is 9.53 Å². The van der Waals surface area contributed by atoms with Crippen LogP contribution in [0.2, 0.25) is 0 Å². The van der Waals surface area contributed by atoms with Gasteiger partial charge in [0.2, 0.25) is 11.8 Å². The Morgan fingerprint density at radius 1 is 1.55 bits per heavy atom. The molecule has 7 heteroatoms. The molecular formula is C13H21N5O2. The summed E-state index contributed by atoms with van der Waals surface area (Å²) in [6, 6.07) is -0.232. The second kappa shape index (κ2) is 5.94. The number of aromatic nitrogens is 2. The highest BCUT2D eigenvalue weighted by molar-refractivity contribution is 5.86. The highest BCUT2D eigenvalue weighted by atomic mass is 16.5. The zero-order chi connectivity index (χ0) is 14.7. The van der Waals surface area contributed by atoms with E-state index in [-0.39, 0.29) is 18.1 Å². The molecule has 1 amide bonds. The number of nitrogens with one attached hydrogen (secondary N) is 1. The minimum atomic E-state index is -0.232. The molecule has 1 aromatic rings.